The van der Waals surface area contributed by atoms with Crippen LogP contribution in [0.4, 0.5) is 4.39 Å². The van der Waals surface area contributed by atoms with Crippen molar-refractivity contribution in [1.29, 1.82) is 0 Å². The molecular weight excluding hydrogens is 269 g/mol. The van der Waals surface area contributed by atoms with E-state index in [9.17, 15) is 19.1 Å². The number of rotatable bonds is 1. The van der Waals surface area contributed by atoms with Gasteiger partial charge in [-0.25, -0.2) is 9.18 Å². The van der Waals surface area contributed by atoms with E-state index in [0.717, 1.165) is 23.1 Å². The molecule has 0 atom stereocenters. The number of thiazole rings is 1. The van der Waals surface area contributed by atoms with Crippen molar-refractivity contribution < 1.29 is 14.3 Å². The van der Waals surface area contributed by atoms with Crippen LogP contribution < -0.4 is 5.43 Å². The van der Waals surface area contributed by atoms with Gasteiger partial charge < -0.3 is 9.51 Å². The molecule has 0 radical (unpaired) electrons. The Bertz CT molecular complexity index is 954. The van der Waals surface area contributed by atoms with Gasteiger partial charge in [0.1, 0.15) is 16.2 Å². The van der Waals surface area contributed by atoms with Crippen molar-refractivity contribution in [3.05, 3.63) is 50.4 Å². The van der Waals surface area contributed by atoms with E-state index < -0.39 is 17.2 Å². The van der Waals surface area contributed by atoms with Crippen LogP contribution in [-0.2, 0) is 6.42 Å². The highest BCUT2D eigenvalue weighted by Gasteiger charge is 2.30. The normalized spacial score (nSPS) is 12.9. The van der Waals surface area contributed by atoms with Crippen molar-refractivity contribution >= 4 is 33.0 Å². The minimum atomic E-state index is -1.27. The van der Waals surface area contributed by atoms with E-state index in [1.807, 2.05) is 0 Å². The fourth-order valence-corrected chi connectivity index (χ4v) is 3.65. The largest absolute Gasteiger partial charge is 0.477 e. The van der Waals surface area contributed by atoms with Gasteiger partial charge >= 0.3 is 5.97 Å². The Morgan fingerprint density at radius 3 is 2.95 bits per heavy atom. The number of nitrogens with zero attached hydrogens (tertiary/aromatic N) is 1. The highest BCUT2D eigenvalue weighted by atomic mass is 32.1. The number of pyridine rings is 1. The lowest BCUT2D eigenvalue weighted by molar-refractivity contribution is 0.0697. The van der Waals surface area contributed by atoms with Crippen molar-refractivity contribution in [2.24, 2.45) is 0 Å². The molecule has 2 heterocycles. The van der Waals surface area contributed by atoms with Crippen LogP contribution in [0.2, 0.25) is 0 Å². The van der Waals surface area contributed by atoms with Gasteiger partial charge in [0.15, 0.2) is 0 Å². The number of aromatic carboxylic acids is 1. The molecule has 4 rings (SSSR count). The maximum atomic E-state index is 13.3. The molecular formula is C13H6FNO3S. The SMILES string of the molecule is O=C(O)c1c(=O)c2cc(F)ccc2n2c3c(sc12)C3. The minimum Gasteiger partial charge on any atom is -0.477 e. The number of carboxylic acids is 1. The molecule has 0 spiro atoms. The maximum Gasteiger partial charge on any atom is 0.342 e. The third-order valence-electron chi connectivity index (χ3n) is 3.32. The van der Waals surface area contributed by atoms with E-state index in [4.69, 9.17) is 0 Å². The monoisotopic (exact) mass is 275 g/mol. The standard InChI is InChI=1S/C13H6FNO3S/c14-5-1-2-7-6(3-5)11(16)10(13(17)18)12-15(7)8-4-9(8)19-12/h1-3H,4H2,(H,17,18). The molecule has 2 aromatic heterocycles. The molecule has 1 N–H and O–H groups in total. The van der Waals surface area contributed by atoms with E-state index >= 15 is 0 Å². The van der Waals surface area contributed by atoms with Gasteiger partial charge in [0, 0.05) is 22.4 Å². The molecule has 94 valence electrons. The summed E-state index contributed by atoms with van der Waals surface area (Å²) in [6.07, 6.45) is 0.812. The molecule has 0 unspecified atom stereocenters. The summed E-state index contributed by atoms with van der Waals surface area (Å²) in [5, 5.41) is 9.33. The summed E-state index contributed by atoms with van der Waals surface area (Å²) in [5.74, 6) is -1.81. The second-order valence-electron chi connectivity index (χ2n) is 4.46. The molecule has 1 aromatic carbocycles. The van der Waals surface area contributed by atoms with E-state index in [-0.39, 0.29) is 10.9 Å². The molecule has 1 aliphatic rings. The highest BCUT2D eigenvalue weighted by Crippen LogP contribution is 2.39. The lowest BCUT2D eigenvalue weighted by Crippen LogP contribution is -2.17. The number of fused-ring (bicyclic) bond motifs is 5. The topological polar surface area (TPSA) is 58.8 Å². The van der Waals surface area contributed by atoms with Crippen molar-refractivity contribution in [1.82, 2.24) is 4.40 Å². The molecule has 0 bridgehead atoms. The second kappa shape index (κ2) is 3.21. The van der Waals surface area contributed by atoms with Crippen LogP contribution in [-0.4, -0.2) is 15.5 Å². The number of hydrogen-bond acceptors (Lipinski definition) is 3. The van der Waals surface area contributed by atoms with Crippen LogP contribution in [0, 0.1) is 5.82 Å². The van der Waals surface area contributed by atoms with Gasteiger partial charge in [-0.2, -0.15) is 0 Å². The third kappa shape index (κ3) is 1.26. The number of aromatic nitrogens is 1. The summed E-state index contributed by atoms with van der Waals surface area (Å²) in [4.78, 5) is 25.0. The Morgan fingerprint density at radius 2 is 2.21 bits per heavy atom. The van der Waals surface area contributed by atoms with Crippen LogP contribution in [0.25, 0.3) is 15.7 Å². The lowest BCUT2D eigenvalue weighted by Gasteiger charge is -2.06. The van der Waals surface area contributed by atoms with Crippen LogP contribution in [0.5, 0.6) is 0 Å². The average molecular weight is 275 g/mol. The minimum absolute atomic E-state index is 0.113. The number of benzene rings is 1. The summed E-state index contributed by atoms with van der Waals surface area (Å²) in [6, 6.07) is 3.90. The van der Waals surface area contributed by atoms with Crippen molar-refractivity contribution in [2.45, 2.75) is 6.42 Å². The molecule has 3 aromatic rings. The predicted molar refractivity (Wildman–Crippen MR) is 68.8 cm³/mol. The van der Waals surface area contributed by atoms with Crippen LogP contribution in [0.15, 0.2) is 23.0 Å². The zero-order valence-corrected chi connectivity index (χ0v) is 10.3. The van der Waals surface area contributed by atoms with Gasteiger partial charge in [-0.05, 0) is 18.2 Å². The fourth-order valence-electron chi connectivity index (χ4n) is 2.41. The van der Waals surface area contributed by atoms with Crippen LogP contribution in [0.1, 0.15) is 20.9 Å². The van der Waals surface area contributed by atoms with Gasteiger partial charge in [-0.1, -0.05) is 0 Å². The van der Waals surface area contributed by atoms with Crippen LogP contribution >= 0.6 is 11.3 Å². The molecule has 0 saturated heterocycles. The zero-order valence-electron chi connectivity index (χ0n) is 9.44. The molecule has 0 saturated carbocycles. The number of carbonyl (C=O) groups is 1. The summed E-state index contributed by atoms with van der Waals surface area (Å²) >= 11 is 1.32. The van der Waals surface area contributed by atoms with Gasteiger partial charge in [-0.15, -0.1) is 11.3 Å². The quantitative estimate of drug-likeness (QED) is 0.579. The first-order valence-corrected chi connectivity index (χ1v) is 6.41. The van der Waals surface area contributed by atoms with Gasteiger partial charge in [0.25, 0.3) is 0 Å². The molecule has 6 heteroatoms. The Balaban J connectivity index is 2.36. The average Bonchev–Trinajstić information content (AvgIpc) is 3.01. The Labute approximate surface area is 109 Å². The molecule has 19 heavy (non-hydrogen) atoms. The predicted octanol–water partition coefficient (Wildman–Crippen LogP) is 2.26. The summed E-state index contributed by atoms with van der Waals surface area (Å²) in [5.41, 5.74) is 0.694. The molecule has 4 nitrogen and oxygen atoms in total. The Kier molecular flexibility index (Phi) is 1.81. The van der Waals surface area contributed by atoms with Gasteiger partial charge in [0.05, 0.1) is 5.52 Å². The molecule has 1 aliphatic carbocycles. The van der Waals surface area contributed by atoms with Gasteiger partial charge in [-0.3, -0.25) is 4.79 Å². The number of halogens is 1. The Morgan fingerprint density at radius 1 is 1.42 bits per heavy atom. The lowest BCUT2D eigenvalue weighted by atomic mass is 10.1. The summed E-state index contributed by atoms with van der Waals surface area (Å²) in [7, 11) is 0. The number of hydrogen-bond donors (Lipinski definition) is 1. The Hall–Kier alpha value is -2.21. The van der Waals surface area contributed by atoms with Gasteiger partial charge in [0.2, 0.25) is 5.43 Å². The first kappa shape index (κ1) is 10.7. The molecule has 0 amide bonds. The van der Waals surface area contributed by atoms with Crippen molar-refractivity contribution in [3.63, 3.8) is 0 Å². The van der Waals surface area contributed by atoms with Crippen LogP contribution in [0.3, 0.4) is 0 Å². The first-order chi connectivity index (χ1) is 9.08. The second-order valence-corrected chi connectivity index (χ2v) is 5.54. The summed E-state index contributed by atoms with van der Waals surface area (Å²) in [6.45, 7) is 0. The van der Waals surface area contributed by atoms with E-state index in [2.05, 4.69) is 0 Å². The fraction of sp³-hybridized carbons (Fsp3) is 0.0769. The van der Waals surface area contributed by atoms with Crippen molar-refractivity contribution in [2.75, 3.05) is 0 Å². The highest BCUT2D eigenvalue weighted by molar-refractivity contribution is 7.18. The van der Waals surface area contributed by atoms with E-state index in [0.29, 0.717) is 10.3 Å². The molecule has 0 aliphatic heterocycles. The van der Waals surface area contributed by atoms with E-state index in [1.54, 1.807) is 4.40 Å². The number of carboxylic acid groups (broad SMARTS) is 1. The summed E-state index contributed by atoms with van der Waals surface area (Å²) < 4.78 is 15.1. The molecule has 0 fully saturated rings. The van der Waals surface area contributed by atoms with Crippen molar-refractivity contribution in [3.8, 4) is 0 Å². The maximum absolute atomic E-state index is 13.3. The zero-order chi connectivity index (χ0) is 13.3. The first-order valence-electron chi connectivity index (χ1n) is 5.60. The third-order valence-corrected chi connectivity index (χ3v) is 4.52. The van der Waals surface area contributed by atoms with E-state index in [1.165, 1.54) is 23.5 Å². The smallest absolute Gasteiger partial charge is 0.342 e.